The average Bonchev–Trinajstić information content (AvgIpc) is 2.62. The first-order valence-electron chi connectivity index (χ1n) is 7.69. The number of ether oxygens (including phenoxy) is 2. The summed E-state index contributed by atoms with van der Waals surface area (Å²) in [6.45, 7) is 4.12. The quantitative estimate of drug-likeness (QED) is 0.812. The molecule has 1 atom stereocenters. The Kier molecular flexibility index (Phi) is 5.95. The minimum absolute atomic E-state index is 0.262. The fraction of sp³-hybridized carbons (Fsp3) is 0.353. The molecule has 1 aromatic heterocycles. The lowest BCUT2D eigenvalue weighted by atomic mass is 10.2. The number of nitrogens with one attached hydrogen (secondary N) is 2. The van der Waals surface area contributed by atoms with Crippen molar-refractivity contribution in [1.29, 1.82) is 0 Å². The predicted octanol–water partition coefficient (Wildman–Crippen LogP) is 2.96. The first-order chi connectivity index (χ1) is 11.6. The van der Waals surface area contributed by atoms with Crippen molar-refractivity contribution in [1.82, 2.24) is 9.97 Å². The Hall–Kier alpha value is -2.83. The van der Waals surface area contributed by atoms with Crippen LogP contribution in [-0.2, 0) is 0 Å². The van der Waals surface area contributed by atoms with E-state index in [-0.39, 0.29) is 17.6 Å². The molecule has 7 heteroatoms. The second-order valence-electron chi connectivity index (χ2n) is 5.26. The second-order valence-corrected chi connectivity index (χ2v) is 5.26. The predicted molar refractivity (Wildman–Crippen MR) is 92.9 cm³/mol. The number of amides is 1. The van der Waals surface area contributed by atoms with Crippen molar-refractivity contribution in [2.24, 2.45) is 0 Å². The molecule has 1 aromatic carbocycles. The molecule has 0 bridgehead atoms. The molecule has 2 N–H and O–H groups in total. The van der Waals surface area contributed by atoms with Crippen molar-refractivity contribution in [2.75, 3.05) is 24.9 Å². The molecular weight excluding hydrogens is 308 g/mol. The first kappa shape index (κ1) is 17.5. The maximum absolute atomic E-state index is 12.4. The summed E-state index contributed by atoms with van der Waals surface area (Å²) in [6.07, 6.45) is 2.32. The van der Waals surface area contributed by atoms with Gasteiger partial charge in [0, 0.05) is 18.2 Å². The number of methoxy groups -OCH3 is 2. The van der Waals surface area contributed by atoms with Gasteiger partial charge in [0.2, 0.25) is 0 Å². The topological polar surface area (TPSA) is 85.4 Å². The number of rotatable bonds is 7. The second kappa shape index (κ2) is 8.14. The van der Waals surface area contributed by atoms with E-state index >= 15 is 0 Å². The molecule has 0 aliphatic rings. The minimum Gasteiger partial charge on any atom is -0.497 e. The van der Waals surface area contributed by atoms with Crippen LogP contribution < -0.4 is 20.1 Å². The van der Waals surface area contributed by atoms with Crippen molar-refractivity contribution in [3.8, 4) is 11.5 Å². The highest BCUT2D eigenvalue weighted by Crippen LogP contribution is 2.29. The number of carbonyl (C=O) groups is 1. The van der Waals surface area contributed by atoms with Gasteiger partial charge in [-0.05, 0) is 25.5 Å². The van der Waals surface area contributed by atoms with Crippen LogP contribution in [0.3, 0.4) is 0 Å². The van der Waals surface area contributed by atoms with Gasteiger partial charge >= 0.3 is 0 Å². The van der Waals surface area contributed by atoms with Crippen LogP contribution >= 0.6 is 0 Å². The van der Waals surface area contributed by atoms with Crippen molar-refractivity contribution in [3.05, 3.63) is 36.3 Å². The molecule has 1 heterocycles. The molecule has 7 nitrogen and oxygen atoms in total. The van der Waals surface area contributed by atoms with Gasteiger partial charge in [-0.25, -0.2) is 9.97 Å². The Bertz CT molecular complexity index is 706. The third kappa shape index (κ3) is 4.34. The summed E-state index contributed by atoms with van der Waals surface area (Å²) >= 11 is 0. The number of hydrogen-bond acceptors (Lipinski definition) is 6. The highest BCUT2D eigenvalue weighted by atomic mass is 16.5. The van der Waals surface area contributed by atoms with Crippen LogP contribution in [0, 0.1) is 0 Å². The van der Waals surface area contributed by atoms with Crippen LogP contribution in [-0.4, -0.2) is 36.1 Å². The summed E-state index contributed by atoms with van der Waals surface area (Å²) in [7, 11) is 3.10. The maximum Gasteiger partial charge on any atom is 0.274 e. The molecule has 1 amide bonds. The van der Waals surface area contributed by atoms with E-state index < -0.39 is 0 Å². The Morgan fingerprint density at radius 3 is 2.67 bits per heavy atom. The maximum atomic E-state index is 12.4. The van der Waals surface area contributed by atoms with E-state index in [0.29, 0.717) is 23.0 Å². The zero-order valence-electron chi connectivity index (χ0n) is 14.3. The number of carbonyl (C=O) groups excluding carboxylic acids is 1. The van der Waals surface area contributed by atoms with Crippen molar-refractivity contribution in [2.45, 2.75) is 26.3 Å². The number of nitrogens with zero attached hydrogens (tertiary/aromatic N) is 2. The highest BCUT2D eigenvalue weighted by Gasteiger charge is 2.13. The molecule has 0 radical (unpaired) electrons. The monoisotopic (exact) mass is 330 g/mol. The average molecular weight is 330 g/mol. The van der Waals surface area contributed by atoms with Crippen molar-refractivity contribution >= 4 is 17.4 Å². The van der Waals surface area contributed by atoms with E-state index in [4.69, 9.17) is 9.47 Å². The Labute approximate surface area is 141 Å². The lowest BCUT2D eigenvalue weighted by Gasteiger charge is -2.13. The number of benzene rings is 1. The first-order valence-corrected chi connectivity index (χ1v) is 7.69. The van der Waals surface area contributed by atoms with Crippen LogP contribution in [0.15, 0.2) is 30.6 Å². The van der Waals surface area contributed by atoms with Crippen LogP contribution in [0.2, 0.25) is 0 Å². The largest absolute Gasteiger partial charge is 0.497 e. The van der Waals surface area contributed by atoms with Gasteiger partial charge < -0.3 is 20.1 Å². The lowest BCUT2D eigenvalue weighted by Crippen LogP contribution is -2.18. The zero-order valence-corrected chi connectivity index (χ0v) is 14.3. The number of anilines is 2. The smallest absolute Gasteiger partial charge is 0.274 e. The molecule has 128 valence electrons. The summed E-state index contributed by atoms with van der Waals surface area (Å²) in [6, 6.07) is 7.05. The molecule has 2 aromatic rings. The van der Waals surface area contributed by atoms with Gasteiger partial charge in [-0.1, -0.05) is 6.92 Å². The van der Waals surface area contributed by atoms with Gasteiger partial charge in [0.15, 0.2) is 0 Å². The third-order valence-corrected chi connectivity index (χ3v) is 3.56. The van der Waals surface area contributed by atoms with Gasteiger partial charge in [-0.15, -0.1) is 0 Å². The van der Waals surface area contributed by atoms with E-state index in [0.717, 1.165) is 6.42 Å². The highest BCUT2D eigenvalue weighted by molar-refractivity contribution is 6.04. The number of aromatic nitrogens is 2. The van der Waals surface area contributed by atoms with E-state index in [1.807, 2.05) is 6.92 Å². The summed E-state index contributed by atoms with van der Waals surface area (Å²) in [5.41, 5.74) is 0.812. The molecule has 0 aliphatic carbocycles. The summed E-state index contributed by atoms with van der Waals surface area (Å²) in [5.74, 6) is 1.43. The van der Waals surface area contributed by atoms with Crippen LogP contribution in [0.4, 0.5) is 11.5 Å². The molecule has 1 unspecified atom stereocenters. The Morgan fingerprint density at radius 2 is 2.00 bits per heavy atom. The summed E-state index contributed by atoms with van der Waals surface area (Å²) in [4.78, 5) is 20.6. The summed E-state index contributed by atoms with van der Waals surface area (Å²) in [5, 5.41) is 6.00. The van der Waals surface area contributed by atoms with E-state index in [2.05, 4.69) is 27.5 Å². The van der Waals surface area contributed by atoms with Crippen molar-refractivity contribution < 1.29 is 14.3 Å². The minimum atomic E-state index is -0.340. The van der Waals surface area contributed by atoms with Gasteiger partial charge in [0.1, 0.15) is 29.3 Å². The van der Waals surface area contributed by atoms with Crippen LogP contribution in [0.5, 0.6) is 11.5 Å². The molecule has 0 aliphatic heterocycles. The molecule has 0 saturated heterocycles. The molecule has 0 spiro atoms. The van der Waals surface area contributed by atoms with Gasteiger partial charge in [0.05, 0.1) is 19.9 Å². The number of hydrogen-bond donors (Lipinski definition) is 2. The summed E-state index contributed by atoms with van der Waals surface area (Å²) < 4.78 is 10.4. The lowest BCUT2D eigenvalue weighted by molar-refractivity contribution is 0.102. The van der Waals surface area contributed by atoms with Gasteiger partial charge in [-0.3, -0.25) is 4.79 Å². The molecule has 2 rings (SSSR count). The third-order valence-electron chi connectivity index (χ3n) is 3.56. The van der Waals surface area contributed by atoms with Crippen LogP contribution in [0.1, 0.15) is 30.8 Å². The SMILES string of the molecule is CCC(C)Nc1cc(C(=O)Nc2ccc(OC)cc2OC)ncn1. The van der Waals surface area contributed by atoms with Gasteiger partial charge in [-0.2, -0.15) is 0 Å². The van der Waals surface area contributed by atoms with Crippen molar-refractivity contribution in [3.63, 3.8) is 0 Å². The Morgan fingerprint density at radius 1 is 1.21 bits per heavy atom. The normalized spacial score (nSPS) is 11.5. The molecular formula is C17H22N4O3. The molecule has 24 heavy (non-hydrogen) atoms. The van der Waals surface area contributed by atoms with E-state index in [1.54, 1.807) is 31.4 Å². The Balaban J connectivity index is 2.16. The van der Waals surface area contributed by atoms with Gasteiger partial charge in [0.25, 0.3) is 5.91 Å². The van der Waals surface area contributed by atoms with E-state index in [1.165, 1.54) is 13.4 Å². The zero-order chi connectivity index (χ0) is 17.5. The standard InChI is InChI=1S/C17H22N4O3/c1-5-11(2)20-16-9-14(18-10-19-16)17(22)21-13-7-6-12(23-3)8-15(13)24-4/h6-11H,5H2,1-4H3,(H,21,22)(H,18,19,20). The van der Waals surface area contributed by atoms with E-state index in [9.17, 15) is 4.79 Å². The van der Waals surface area contributed by atoms with Crippen LogP contribution in [0.25, 0.3) is 0 Å². The fourth-order valence-electron chi connectivity index (χ4n) is 2.00. The molecule has 0 saturated carbocycles. The molecule has 0 fully saturated rings. The fourth-order valence-corrected chi connectivity index (χ4v) is 2.00.